The molecule has 2 fully saturated rings. The summed E-state index contributed by atoms with van der Waals surface area (Å²) in [6.45, 7) is 3.75. The van der Waals surface area contributed by atoms with Gasteiger partial charge in [-0.25, -0.2) is 0 Å². The monoisotopic (exact) mass is 345 g/mol. The summed E-state index contributed by atoms with van der Waals surface area (Å²) in [5, 5.41) is 6.57. The lowest BCUT2D eigenvalue weighted by Gasteiger charge is -2.41. The second-order valence-electron chi connectivity index (χ2n) is 5.90. The Hall–Kier alpha value is -0.810. The zero-order valence-electron chi connectivity index (χ0n) is 12.7. The molecule has 2 saturated heterocycles. The SMILES string of the molecule is Cl.Cl.O=C(CN1CC[C@@H]2NCCC[C@@H]2C1)Nc1ccccc1. The fourth-order valence-corrected chi connectivity index (χ4v) is 3.39. The second-order valence-corrected chi connectivity index (χ2v) is 5.90. The lowest BCUT2D eigenvalue weighted by molar-refractivity contribution is -0.117. The van der Waals surface area contributed by atoms with Gasteiger partial charge in [-0.2, -0.15) is 0 Å². The van der Waals surface area contributed by atoms with Crippen LogP contribution in [-0.2, 0) is 4.79 Å². The highest BCUT2D eigenvalue weighted by Crippen LogP contribution is 2.24. The van der Waals surface area contributed by atoms with Gasteiger partial charge in [-0.05, 0) is 43.9 Å². The van der Waals surface area contributed by atoms with E-state index in [0.29, 0.717) is 12.6 Å². The normalized spacial score (nSPS) is 24.4. The van der Waals surface area contributed by atoms with E-state index in [-0.39, 0.29) is 30.7 Å². The number of likely N-dealkylation sites (tertiary alicyclic amines) is 1. The number of para-hydroxylation sites is 1. The van der Waals surface area contributed by atoms with Crippen molar-refractivity contribution in [2.24, 2.45) is 5.92 Å². The van der Waals surface area contributed by atoms with Gasteiger partial charge in [-0.15, -0.1) is 24.8 Å². The van der Waals surface area contributed by atoms with Gasteiger partial charge in [0.05, 0.1) is 6.54 Å². The van der Waals surface area contributed by atoms with Crippen LogP contribution in [0, 0.1) is 5.92 Å². The van der Waals surface area contributed by atoms with E-state index in [4.69, 9.17) is 0 Å². The zero-order chi connectivity index (χ0) is 13.8. The second kappa shape index (κ2) is 9.36. The number of hydrogen-bond donors (Lipinski definition) is 2. The molecule has 1 aromatic carbocycles. The van der Waals surface area contributed by atoms with Crippen LogP contribution >= 0.6 is 24.8 Å². The number of halogens is 2. The number of nitrogens with zero attached hydrogens (tertiary/aromatic N) is 1. The first-order valence-electron chi connectivity index (χ1n) is 7.62. The molecule has 2 heterocycles. The zero-order valence-corrected chi connectivity index (χ0v) is 14.3. The first-order chi connectivity index (χ1) is 9.81. The third kappa shape index (κ3) is 5.13. The fraction of sp³-hybridized carbons (Fsp3) is 0.562. The van der Waals surface area contributed by atoms with Crippen molar-refractivity contribution in [3.05, 3.63) is 30.3 Å². The minimum atomic E-state index is 0. The van der Waals surface area contributed by atoms with Crippen LogP contribution in [0.5, 0.6) is 0 Å². The largest absolute Gasteiger partial charge is 0.325 e. The van der Waals surface area contributed by atoms with Crippen molar-refractivity contribution in [3.8, 4) is 0 Å². The van der Waals surface area contributed by atoms with Crippen molar-refractivity contribution >= 4 is 36.4 Å². The average Bonchev–Trinajstić information content (AvgIpc) is 2.48. The van der Waals surface area contributed by atoms with Gasteiger partial charge in [-0.1, -0.05) is 18.2 Å². The van der Waals surface area contributed by atoms with E-state index in [1.807, 2.05) is 30.3 Å². The molecule has 3 rings (SSSR count). The third-order valence-corrected chi connectivity index (χ3v) is 4.40. The van der Waals surface area contributed by atoms with Gasteiger partial charge in [-0.3, -0.25) is 9.69 Å². The molecule has 6 heteroatoms. The van der Waals surface area contributed by atoms with Crippen LogP contribution in [-0.4, -0.2) is 43.0 Å². The molecule has 2 atom stereocenters. The molecule has 4 nitrogen and oxygen atoms in total. The van der Waals surface area contributed by atoms with Crippen LogP contribution in [0.3, 0.4) is 0 Å². The number of piperidine rings is 2. The number of carbonyl (C=O) groups excluding carboxylic acids is 1. The van der Waals surface area contributed by atoms with Gasteiger partial charge in [0.2, 0.25) is 5.91 Å². The van der Waals surface area contributed by atoms with Crippen molar-refractivity contribution in [3.63, 3.8) is 0 Å². The van der Waals surface area contributed by atoms with Crippen molar-refractivity contribution in [1.82, 2.24) is 10.2 Å². The Morgan fingerprint density at radius 2 is 2.00 bits per heavy atom. The van der Waals surface area contributed by atoms with E-state index in [0.717, 1.165) is 31.2 Å². The maximum atomic E-state index is 12.1. The lowest BCUT2D eigenvalue weighted by Crippen LogP contribution is -2.53. The van der Waals surface area contributed by atoms with E-state index >= 15 is 0 Å². The minimum Gasteiger partial charge on any atom is -0.325 e. The summed E-state index contributed by atoms with van der Waals surface area (Å²) in [6, 6.07) is 10.4. The van der Waals surface area contributed by atoms with Gasteiger partial charge in [0.15, 0.2) is 0 Å². The standard InChI is InChI=1S/C16H23N3O.2ClH/c20-16(18-14-6-2-1-3-7-14)12-19-10-8-15-13(11-19)5-4-9-17-15;;/h1-3,6-7,13,15,17H,4-5,8-12H2,(H,18,20);2*1H/t13-,15+;;/m1../s1. The van der Waals surface area contributed by atoms with Gasteiger partial charge in [0.1, 0.15) is 0 Å². The molecule has 0 aliphatic carbocycles. The Labute approximate surface area is 144 Å². The predicted octanol–water partition coefficient (Wildman–Crippen LogP) is 2.54. The lowest BCUT2D eigenvalue weighted by atomic mass is 9.85. The Morgan fingerprint density at radius 3 is 2.77 bits per heavy atom. The number of rotatable bonds is 3. The topological polar surface area (TPSA) is 44.4 Å². The average molecular weight is 346 g/mol. The van der Waals surface area contributed by atoms with E-state index in [1.54, 1.807) is 0 Å². The Morgan fingerprint density at radius 1 is 1.23 bits per heavy atom. The summed E-state index contributed by atoms with van der Waals surface area (Å²) in [4.78, 5) is 14.4. The number of benzene rings is 1. The van der Waals surface area contributed by atoms with Crippen LogP contribution < -0.4 is 10.6 Å². The van der Waals surface area contributed by atoms with Crippen molar-refractivity contribution < 1.29 is 4.79 Å². The number of nitrogens with one attached hydrogen (secondary N) is 2. The molecular weight excluding hydrogens is 321 g/mol. The molecule has 0 unspecified atom stereocenters. The molecule has 2 aliphatic heterocycles. The molecular formula is C16H25Cl2N3O. The van der Waals surface area contributed by atoms with E-state index in [1.165, 1.54) is 19.3 Å². The van der Waals surface area contributed by atoms with E-state index in [2.05, 4.69) is 15.5 Å². The highest BCUT2D eigenvalue weighted by Gasteiger charge is 2.31. The predicted molar refractivity (Wildman–Crippen MR) is 95.1 cm³/mol. The number of carbonyl (C=O) groups is 1. The molecule has 1 amide bonds. The summed E-state index contributed by atoms with van der Waals surface area (Å²) >= 11 is 0. The summed E-state index contributed by atoms with van der Waals surface area (Å²) in [5.41, 5.74) is 0.881. The van der Waals surface area contributed by atoms with Gasteiger partial charge in [0.25, 0.3) is 0 Å². The molecule has 124 valence electrons. The molecule has 0 aromatic heterocycles. The van der Waals surface area contributed by atoms with E-state index in [9.17, 15) is 4.79 Å². The summed E-state index contributed by atoms with van der Waals surface area (Å²) in [7, 11) is 0. The molecule has 0 radical (unpaired) electrons. The Balaban J connectivity index is 0.00000121. The first-order valence-corrected chi connectivity index (χ1v) is 7.62. The summed E-state index contributed by atoms with van der Waals surface area (Å²) in [5.74, 6) is 0.820. The highest BCUT2D eigenvalue weighted by molar-refractivity contribution is 5.92. The maximum absolute atomic E-state index is 12.1. The highest BCUT2D eigenvalue weighted by atomic mass is 35.5. The molecule has 2 N–H and O–H groups in total. The Kier molecular flexibility index (Phi) is 8.18. The van der Waals surface area contributed by atoms with Gasteiger partial charge < -0.3 is 10.6 Å². The maximum Gasteiger partial charge on any atom is 0.238 e. The minimum absolute atomic E-state index is 0. The van der Waals surface area contributed by atoms with Crippen LogP contribution in [0.2, 0.25) is 0 Å². The fourth-order valence-electron chi connectivity index (χ4n) is 3.39. The molecule has 0 spiro atoms. The van der Waals surface area contributed by atoms with E-state index < -0.39 is 0 Å². The molecule has 0 bridgehead atoms. The number of hydrogen-bond acceptors (Lipinski definition) is 3. The summed E-state index contributed by atoms with van der Waals surface area (Å²) < 4.78 is 0. The number of fused-ring (bicyclic) bond motifs is 1. The van der Waals surface area contributed by atoms with Crippen molar-refractivity contribution in [1.29, 1.82) is 0 Å². The van der Waals surface area contributed by atoms with Gasteiger partial charge in [0, 0.05) is 24.8 Å². The first kappa shape index (κ1) is 19.2. The number of amides is 1. The van der Waals surface area contributed by atoms with Crippen LogP contribution in [0.1, 0.15) is 19.3 Å². The van der Waals surface area contributed by atoms with Crippen molar-refractivity contribution in [2.45, 2.75) is 25.3 Å². The molecule has 2 aliphatic rings. The van der Waals surface area contributed by atoms with Crippen LogP contribution in [0.4, 0.5) is 5.69 Å². The Bertz CT molecular complexity index is 458. The van der Waals surface area contributed by atoms with Crippen LogP contribution in [0.15, 0.2) is 30.3 Å². The van der Waals surface area contributed by atoms with Crippen LogP contribution in [0.25, 0.3) is 0 Å². The molecule has 0 saturated carbocycles. The number of anilines is 1. The molecule has 22 heavy (non-hydrogen) atoms. The molecule has 1 aromatic rings. The van der Waals surface area contributed by atoms with Crippen molar-refractivity contribution in [2.75, 3.05) is 31.5 Å². The summed E-state index contributed by atoms with van der Waals surface area (Å²) in [6.07, 6.45) is 3.74. The third-order valence-electron chi connectivity index (χ3n) is 4.40. The quantitative estimate of drug-likeness (QED) is 0.884. The smallest absolute Gasteiger partial charge is 0.238 e. The van der Waals surface area contributed by atoms with Gasteiger partial charge >= 0.3 is 0 Å².